The van der Waals surface area contributed by atoms with E-state index in [0.717, 1.165) is 31.2 Å². The van der Waals surface area contributed by atoms with E-state index in [-0.39, 0.29) is 11.9 Å². The van der Waals surface area contributed by atoms with E-state index in [4.69, 9.17) is 5.73 Å². The molecule has 0 aliphatic carbocycles. The Hall–Kier alpha value is -2.13. The van der Waals surface area contributed by atoms with Crippen LogP contribution in [0.4, 0.5) is 0 Å². The Morgan fingerprint density at radius 1 is 0.913 bits per heavy atom. The predicted octanol–water partition coefficient (Wildman–Crippen LogP) is 3.61. The van der Waals surface area contributed by atoms with Gasteiger partial charge in [0, 0.05) is 6.42 Å². The minimum absolute atomic E-state index is 0.0145. The van der Waals surface area contributed by atoms with E-state index in [0.29, 0.717) is 13.0 Å². The topological polar surface area (TPSA) is 55.1 Å². The molecule has 1 amide bonds. The van der Waals surface area contributed by atoms with E-state index in [1.807, 2.05) is 36.4 Å². The van der Waals surface area contributed by atoms with Gasteiger partial charge in [0.05, 0.1) is 6.04 Å². The zero-order valence-electron chi connectivity index (χ0n) is 13.6. The molecule has 0 heterocycles. The van der Waals surface area contributed by atoms with E-state index in [9.17, 15) is 4.79 Å². The zero-order chi connectivity index (χ0) is 16.3. The molecule has 0 aliphatic rings. The van der Waals surface area contributed by atoms with E-state index in [1.165, 1.54) is 5.56 Å². The fourth-order valence-electron chi connectivity index (χ4n) is 2.66. The highest BCUT2D eigenvalue weighted by Crippen LogP contribution is 2.18. The molecule has 1 atom stereocenters. The Morgan fingerprint density at radius 2 is 1.57 bits per heavy atom. The van der Waals surface area contributed by atoms with Crippen LogP contribution in [0.15, 0.2) is 60.7 Å². The van der Waals surface area contributed by atoms with Gasteiger partial charge in [-0.25, -0.2) is 0 Å². The number of rotatable bonds is 9. The quantitative estimate of drug-likeness (QED) is 0.695. The predicted molar refractivity (Wildman–Crippen MR) is 95.0 cm³/mol. The minimum atomic E-state index is 0.0145. The van der Waals surface area contributed by atoms with E-state index in [2.05, 4.69) is 29.6 Å². The number of unbranched alkanes of at least 4 members (excludes halogenated alkanes) is 2. The van der Waals surface area contributed by atoms with Crippen molar-refractivity contribution in [3.63, 3.8) is 0 Å². The molecule has 2 aromatic carbocycles. The lowest BCUT2D eigenvalue weighted by Crippen LogP contribution is -2.29. The molecule has 122 valence electrons. The van der Waals surface area contributed by atoms with Gasteiger partial charge in [0.25, 0.3) is 0 Å². The molecule has 23 heavy (non-hydrogen) atoms. The maximum absolute atomic E-state index is 12.2. The van der Waals surface area contributed by atoms with Crippen molar-refractivity contribution in [2.45, 2.75) is 38.1 Å². The van der Waals surface area contributed by atoms with Crippen LogP contribution in [-0.4, -0.2) is 12.5 Å². The Labute approximate surface area is 138 Å². The summed E-state index contributed by atoms with van der Waals surface area (Å²) in [6, 6.07) is 20.5. The van der Waals surface area contributed by atoms with Crippen LogP contribution >= 0.6 is 0 Å². The molecule has 0 fully saturated rings. The summed E-state index contributed by atoms with van der Waals surface area (Å²) in [6.45, 7) is 0.697. The smallest absolute Gasteiger partial charge is 0.220 e. The highest BCUT2D eigenvalue weighted by Gasteiger charge is 2.14. The fourth-order valence-corrected chi connectivity index (χ4v) is 2.66. The lowest BCUT2D eigenvalue weighted by atomic mass is 9.98. The fraction of sp³-hybridized carbons (Fsp3) is 0.350. The van der Waals surface area contributed by atoms with Crippen LogP contribution in [0.3, 0.4) is 0 Å². The van der Waals surface area contributed by atoms with Gasteiger partial charge in [0.15, 0.2) is 0 Å². The maximum Gasteiger partial charge on any atom is 0.220 e. The monoisotopic (exact) mass is 310 g/mol. The van der Waals surface area contributed by atoms with Crippen LogP contribution in [0, 0.1) is 0 Å². The Balaban J connectivity index is 1.98. The molecule has 2 rings (SSSR count). The summed E-state index contributed by atoms with van der Waals surface area (Å²) in [6.07, 6.45) is 4.27. The molecule has 0 bridgehead atoms. The summed E-state index contributed by atoms with van der Waals surface area (Å²) in [7, 11) is 0. The van der Waals surface area contributed by atoms with Gasteiger partial charge >= 0.3 is 0 Å². The Kier molecular flexibility index (Phi) is 7.34. The molecule has 1 unspecified atom stereocenters. The molecule has 0 aromatic heterocycles. The first kappa shape index (κ1) is 17.2. The first-order chi connectivity index (χ1) is 11.3. The second-order valence-electron chi connectivity index (χ2n) is 5.82. The third kappa shape index (κ3) is 6.25. The number of benzene rings is 2. The summed E-state index contributed by atoms with van der Waals surface area (Å²) in [5.41, 5.74) is 7.86. The van der Waals surface area contributed by atoms with Gasteiger partial charge in [-0.1, -0.05) is 67.1 Å². The normalized spacial score (nSPS) is 11.9. The number of amides is 1. The Morgan fingerprint density at radius 3 is 2.22 bits per heavy atom. The van der Waals surface area contributed by atoms with Crippen LogP contribution in [0.1, 0.15) is 42.9 Å². The molecular weight excluding hydrogens is 284 g/mol. The molecular formula is C20H26N2O. The first-order valence-corrected chi connectivity index (χ1v) is 8.38. The van der Waals surface area contributed by atoms with Crippen molar-refractivity contribution in [3.05, 3.63) is 71.8 Å². The van der Waals surface area contributed by atoms with Crippen LogP contribution in [0.5, 0.6) is 0 Å². The van der Waals surface area contributed by atoms with E-state index in [1.54, 1.807) is 0 Å². The van der Waals surface area contributed by atoms with Crippen LogP contribution in [0.25, 0.3) is 0 Å². The minimum Gasteiger partial charge on any atom is -0.349 e. The average Bonchev–Trinajstić information content (AvgIpc) is 2.60. The number of nitrogens with one attached hydrogen (secondary N) is 1. The van der Waals surface area contributed by atoms with Crippen molar-refractivity contribution in [2.75, 3.05) is 6.54 Å². The molecule has 0 radical (unpaired) electrons. The molecule has 0 saturated carbocycles. The first-order valence-electron chi connectivity index (χ1n) is 8.38. The second-order valence-corrected chi connectivity index (χ2v) is 5.82. The van der Waals surface area contributed by atoms with Crippen LogP contribution in [-0.2, 0) is 11.2 Å². The molecule has 2 aromatic rings. The summed E-state index contributed by atoms with van der Waals surface area (Å²) in [5, 5.41) is 3.19. The lowest BCUT2D eigenvalue weighted by molar-refractivity contribution is -0.122. The van der Waals surface area contributed by atoms with Crippen LogP contribution in [0.2, 0.25) is 0 Å². The SMILES string of the molecule is NCCCCCC(=O)NC(Cc1ccccc1)c1ccccc1. The number of carbonyl (C=O) groups is 1. The molecule has 3 nitrogen and oxygen atoms in total. The van der Waals surface area contributed by atoms with Crippen molar-refractivity contribution in [1.29, 1.82) is 0 Å². The molecule has 0 spiro atoms. The summed E-state index contributed by atoms with van der Waals surface area (Å²) >= 11 is 0. The largest absolute Gasteiger partial charge is 0.349 e. The highest BCUT2D eigenvalue weighted by molar-refractivity contribution is 5.76. The summed E-state index contributed by atoms with van der Waals surface area (Å²) in [5.74, 6) is 0.117. The zero-order valence-corrected chi connectivity index (χ0v) is 13.6. The third-order valence-corrected chi connectivity index (χ3v) is 3.93. The maximum atomic E-state index is 12.2. The van der Waals surface area contributed by atoms with Crippen molar-refractivity contribution in [2.24, 2.45) is 5.73 Å². The van der Waals surface area contributed by atoms with Crippen molar-refractivity contribution >= 4 is 5.91 Å². The highest BCUT2D eigenvalue weighted by atomic mass is 16.1. The average molecular weight is 310 g/mol. The Bertz CT molecular complexity index is 569. The molecule has 0 aliphatic heterocycles. The summed E-state index contributed by atoms with van der Waals surface area (Å²) in [4.78, 5) is 12.2. The van der Waals surface area contributed by atoms with E-state index < -0.39 is 0 Å². The molecule has 3 N–H and O–H groups in total. The van der Waals surface area contributed by atoms with Gasteiger partial charge in [-0.3, -0.25) is 4.79 Å². The standard InChI is InChI=1S/C20H26N2O/c21-15-9-3-8-14-20(23)22-19(18-12-6-2-7-13-18)16-17-10-4-1-5-11-17/h1-2,4-7,10-13,19H,3,8-9,14-16,21H2,(H,22,23). The number of nitrogens with two attached hydrogens (primary N) is 1. The molecule has 0 saturated heterocycles. The number of hydrogen-bond donors (Lipinski definition) is 2. The number of hydrogen-bond acceptors (Lipinski definition) is 2. The second kappa shape index (κ2) is 9.80. The van der Waals surface area contributed by atoms with Crippen molar-refractivity contribution in [1.82, 2.24) is 5.32 Å². The van der Waals surface area contributed by atoms with Gasteiger partial charge in [-0.05, 0) is 36.9 Å². The van der Waals surface area contributed by atoms with Crippen molar-refractivity contribution < 1.29 is 4.79 Å². The van der Waals surface area contributed by atoms with Gasteiger partial charge in [-0.15, -0.1) is 0 Å². The number of carbonyl (C=O) groups excluding carboxylic acids is 1. The van der Waals surface area contributed by atoms with Gasteiger partial charge < -0.3 is 11.1 Å². The van der Waals surface area contributed by atoms with Gasteiger partial charge in [0.2, 0.25) is 5.91 Å². The van der Waals surface area contributed by atoms with Crippen LogP contribution < -0.4 is 11.1 Å². The molecule has 3 heteroatoms. The van der Waals surface area contributed by atoms with Gasteiger partial charge in [0.1, 0.15) is 0 Å². The van der Waals surface area contributed by atoms with E-state index >= 15 is 0 Å². The van der Waals surface area contributed by atoms with Crippen molar-refractivity contribution in [3.8, 4) is 0 Å². The van der Waals surface area contributed by atoms with Gasteiger partial charge in [-0.2, -0.15) is 0 Å². The third-order valence-electron chi connectivity index (χ3n) is 3.93. The lowest BCUT2D eigenvalue weighted by Gasteiger charge is -2.19. The summed E-state index contributed by atoms with van der Waals surface area (Å²) < 4.78 is 0.